The molecule has 160 valence electrons. The van der Waals surface area contributed by atoms with Gasteiger partial charge in [0.25, 0.3) is 5.91 Å². The normalized spacial score (nSPS) is 13.5. The van der Waals surface area contributed by atoms with Gasteiger partial charge >= 0.3 is 0 Å². The van der Waals surface area contributed by atoms with Crippen molar-refractivity contribution in [3.63, 3.8) is 0 Å². The van der Waals surface area contributed by atoms with Crippen molar-refractivity contribution in [1.29, 1.82) is 5.26 Å². The second kappa shape index (κ2) is 8.81. The first-order valence-corrected chi connectivity index (χ1v) is 9.91. The highest BCUT2D eigenvalue weighted by molar-refractivity contribution is 6.00. The molecular weight excluding hydrogens is 411 g/mol. The van der Waals surface area contributed by atoms with Crippen molar-refractivity contribution in [2.45, 2.75) is 24.9 Å². The number of hydrogen-bond donors (Lipinski definition) is 3. The SMILES string of the molecule is N#Cc1c(F)cccc1Nc1ccc(CNC(=O)C2(NC(=O)c3cncnc3)CC2)cc1. The van der Waals surface area contributed by atoms with Crippen LogP contribution in [0.5, 0.6) is 0 Å². The summed E-state index contributed by atoms with van der Waals surface area (Å²) in [6, 6.07) is 13.4. The number of aromatic nitrogens is 2. The van der Waals surface area contributed by atoms with Gasteiger partial charge in [-0.05, 0) is 42.7 Å². The van der Waals surface area contributed by atoms with Gasteiger partial charge in [0.15, 0.2) is 0 Å². The van der Waals surface area contributed by atoms with Gasteiger partial charge in [0.2, 0.25) is 5.91 Å². The van der Waals surface area contributed by atoms with Crippen molar-refractivity contribution >= 4 is 23.2 Å². The van der Waals surface area contributed by atoms with E-state index in [1.807, 2.05) is 18.2 Å². The zero-order valence-corrected chi connectivity index (χ0v) is 16.9. The number of hydrogen-bond acceptors (Lipinski definition) is 6. The lowest BCUT2D eigenvalue weighted by Crippen LogP contribution is -2.48. The molecule has 3 N–H and O–H groups in total. The van der Waals surface area contributed by atoms with Gasteiger partial charge in [0.1, 0.15) is 29.3 Å². The van der Waals surface area contributed by atoms with Crippen LogP contribution >= 0.6 is 0 Å². The summed E-state index contributed by atoms with van der Waals surface area (Å²) >= 11 is 0. The van der Waals surface area contributed by atoms with Gasteiger partial charge in [-0.1, -0.05) is 18.2 Å². The maximum atomic E-state index is 13.7. The van der Waals surface area contributed by atoms with E-state index in [1.165, 1.54) is 30.9 Å². The zero-order chi connectivity index (χ0) is 22.6. The van der Waals surface area contributed by atoms with Gasteiger partial charge in [-0.25, -0.2) is 14.4 Å². The third-order valence-electron chi connectivity index (χ3n) is 5.17. The highest BCUT2D eigenvalue weighted by atomic mass is 19.1. The summed E-state index contributed by atoms with van der Waals surface area (Å²) in [7, 11) is 0. The summed E-state index contributed by atoms with van der Waals surface area (Å²) in [5.74, 6) is -1.22. The highest BCUT2D eigenvalue weighted by Crippen LogP contribution is 2.36. The fourth-order valence-corrected chi connectivity index (χ4v) is 3.19. The number of amides is 2. The van der Waals surface area contributed by atoms with Crippen molar-refractivity contribution in [2.75, 3.05) is 5.32 Å². The predicted octanol–water partition coefficient (Wildman–Crippen LogP) is 2.81. The number of nitrogens with one attached hydrogen (secondary N) is 3. The standard InChI is InChI=1S/C23H19FN6O2/c24-19-2-1-3-20(18(19)10-25)29-17-6-4-15(5-7-17)11-28-22(32)23(8-9-23)30-21(31)16-12-26-14-27-13-16/h1-7,12-14,29H,8-9,11H2,(H,28,32)(H,30,31). The molecule has 1 aliphatic carbocycles. The molecular formula is C23H19FN6O2. The van der Waals surface area contributed by atoms with E-state index in [0.29, 0.717) is 29.8 Å². The molecule has 3 aromatic rings. The maximum Gasteiger partial charge on any atom is 0.255 e. The summed E-state index contributed by atoms with van der Waals surface area (Å²) in [6.07, 6.45) is 5.26. The second-order valence-corrected chi connectivity index (χ2v) is 7.44. The van der Waals surface area contributed by atoms with Gasteiger partial charge in [-0.3, -0.25) is 9.59 Å². The van der Waals surface area contributed by atoms with Crippen LogP contribution in [0.2, 0.25) is 0 Å². The van der Waals surface area contributed by atoms with E-state index < -0.39 is 11.4 Å². The summed E-state index contributed by atoms with van der Waals surface area (Å²) in [6.45, 7) is 0.286. The van der Waals surface area contributed by atoms with Crippen LogP contribution in [0.4, 0.5) is 15.8 Å². The Morgan fingerprint density at radius 3 is 2.47 bits per heavy atom. The molecule has 0 atom stereocenters. The number of carbonyl (C=O) groups excluding carboxylic acids is 2. The fourth-order valence-electron chi connectivity index (χ4n) is 3.19. The Hall–Kier alpha value is -4.32. The third kappa shape index (κ3) is 4.54. The minimum absolute atomic E-state index is 0.0531. The Kier molecular flexibility index (Phi) is 5.77. The van der Waals surface area contributed by atoms with E-state index in [0.717, 1.165) is 5.56 Å². The van der Waals surface area contributed by atoms with Crippen LogP contribution in [0.3, 0.4) is 0 Å². The topological polar surface area (TPSA) is 120 Å². The van der Waals surface area contributed by atoms with E-state index in [4.69, 9.17) is 5.26 Å². The van der Waals surface area contributed by atoms with E-state index in [2.05, 4.69) is 25.9 Å². The van der Waals surface area contributed by atoms with Crippen LogP contribution in [-0.2, 0) is 11.3 Å². The molecule has 0 aliphatic heterocycles. The molecule has 32 heavy (non-hydrogen) atoms. The van der Waals surface area contributed by atoms with Gasteiger partial charge in [0, 0.05) is 24.6 Å². The van der Waals surface area contributed by atoms with E-state index in [-0.39, 0.29) is 23.9 Å². The Balaban J connectivity index is 1.33. The van der Waals surface area contributed by atoms with Crippen LogP contribution in [0.15, 0.2) is 61.2 Å². The van der Waals surface area contributed by atoms with Gasteiger partial charge in [-0.2, -0.15) is 5.26 Å². The predicted molar refractivity (Wildman–Crippen MR) is 114 cm³/mol. The summed E-state index contributed by atoms with van der Waals surface area (Å²) in [5, 5.41) is 17.8. The average Bonchev–Trinajstić information content (AvgIpc) is 3.60. The summed E-state index contributed by atoms with van der Waals surface area (Å²) < 4.78 is 13.7. The fraction of sp³-hybridized carbons (Fsp3) is 0.174. The molecule has 4 rings (SSSR count). The molecule has 1 aromatic heterocycles. The molecule has 0 saturated heterocycles. The smallest absolute Gasteiger partial charge is 0.255 e. The third-order valence-corrected chi connectivity index (χ3v) is 5.17. The first-order chi connectivity index (χ1) is 15.5. The second-order valence-electron chi connectivity index (χ2n) is 7.44. The number of nitrogens with zero attached hydrogens (tertiary/aromatic N) is 3. The molecule has 0 radical (unpaired) electrons. The number of rotatable bonds is 7. The monoisotopic (exact) mass is 430 g/mol. The van der Waals surface area contributed by atoms with Gasteiger partial charge < -0.3 is 16.0 Å². The Morgan fingerprint density at radius 2 is 1.81 bits per heavy atom. The Morgan fingerprint density at radius 1 is 1.09 bits per heavy atom. The Bertz CT molecular complexity index is 1190. The van der Waals surface area contributed by atoms with Crippen molar-refractivity contribution < 1.29 is 14.0 Å². The zero-order valence-electron chi connectivity index (χ0n) is 16.9. The average molecular weight is 430 g/mol. The van der Waals surface area contributed by atoms with Crippen LogP contribution in [0.1, 0.15) is 34.3 Å². The van der Waals surface area contributed by atoms with Crippen molar-refractivity contribution in [2.24, 2.45) is 0 Å². The van der Waals surface area contributed by atoms with Crippen molar-refractivity contribution in [3.8, 4) is 6.07 Å². The molecule has 8 nitrogen and oxygen atoms in total. The molecule has 1 aliphatic rings. The number of anilines is 2. The molecule has 1 saturated carbocycles. The minimum Gasteiger partial charge on any atom is -0.354 e. The largest absolute Gasteiger partial charge is 0.354 e. The lowest BCUT2D eigenvalue weighted by Gasteiger charge is -2.17. The number of halogens is 1. The first kappa shape index (κ1) is 20.9. The van der Waals surface area contributed by atoms with Crippen molar-refractivity contribution in [1.82, 2.24) is 20.6 Å². The van der Waals surface area contributed by atoms with Crippen LogP contribution in [-0.4, -0.2) is 27.3 Å². The number of nitriles is 1. The first-order valence-electron chi connectivity index (χ1n) is 9.91. The van der Waals surface area contributed by atoms with E-state index in [1.54, 1.807) is 18.2 Å². The summed E-state index contributed by atoms with van der Waals surface area (Å²) in [5.41, 5.74) is 1.25. The molecule has 2 amide bonds. The quantitative estimate of drug-likeness (QED) is 0.530. The van der Waals surface area contributed by atoms with E-state index >= 15 is 0 Å². The molecule has 1 fully saturated rings. The van der Waals surface area contributed by atoms with E-state index in [9.17, 15) is 14.0 Å². The van der Waals surface area contributed by atoms with Crippen molar-refractivity contribution in [3.05, 3.63) is 83.7 Å². The molecule has 0 unspecified atom stereocenters. The minimum atomic E-state index is -0.903. The molecule has 9 heteroatoms. The number of carbonyl (C=O) groups is 2. The lowest BCUT2D eigenvalue weighted by molar-refractivity contribution is -0.124. The maximum absolute atomic E-state index is 13.7. The Labute approximate surface area is 183 Å². The lowest BCUT2D eigenvalue weighted by atomic mass is 10.1. The molecule has 1 heterocycles. The van der Waals surface area contributed by atoms with Crippen LogP contribution in [0, 0.1) is 17.1 Å². The van der Waals surface area contributed by atoms with Gasteiger partial charge in [0.05, 0.1) is 11.3 Å². The van der Waals surface area contributed by atoms with Crippen LogP contribution in [0.25, 0.3) is 0 Å². The van der Waals surface area contributed by atoms with Crippen LogP contribution < -0.4 is 16.0 Å². The molecule has 0 bridgehead atoms. The summed E-state index contributed by atoms with van der Waals surface area (Å²) in [4.78, 5) is 32.6. The van der Waals surface area contributed by atoms with Gasteiger partial charge in [-0.15, -0.1) is 0 Å². The molecule has 2 aromatic carbocycles. The highest BCUT2D eigenvalue weighted by Gasteiger charge is 2.51. The number of benzene rings is 2. The molecule has 0 spiro atoms.